The maximum absolute atomic E-state index is 5.78. The van der Waals surface area contributed by atoms with Crippen LogP contribution in [0.5, 0.6) is 5.75 Å². The molecule has 4 heteroatoms. The Morgan fingerprint density at radius 2 is 2.22 bits per heavy atom. The first kappa shape index (κ1) is 13.3. The molecule has 4 nitrogen and oxygen atoms in total. The quantitative estimate of drug-likeness (QED) is 0.835. The van der Waals surface area contributed by atoms with Crippen LogP contribution in [0.25, 0.3) is 0 Å². The molecule has 0 saturated carbocycles. The summed E-state index contributed by atoms with van der Waals surface area (Å²) in [5.41, 5.74) is 2.36. The van der Waals surface area contributed by atoms with Crippen molar-refractivity contribution in [3.05, 3.63) is 29.3 Å². The van der Waals surface area contributed by atoms with Gasteiger partial charge in [0.25, 0.3) is 0 Å². The topological polar surface area (TPSA) is 39.7 Å². The van der Waals surface area contributed by atoms with E-state index >= 15 is 0 Å². The summed E-state index contributed by atoms with van der Waals surface area (Å²) in [6, 6.07) is 6.33. The summed E-state index contributed by atoms with van der Waals surface area (Å²) in [7, 11) is 3.63. The Morgan fingerprint density at radius 3 is 2.78 bits per heavy atom. The Morgan fingerprint density at radius 1 is 1.44 bits per heavy atom. The fourth-order valence-electron chi connectivity index (χ4n) is 2.00. The lowest BCUT2D eigenvalue weighted by atomic mass is 10.0. The van der Waals surface area contributed by atoms with Crippen molar-refractivity contribution in [2.75, 3.05) is 34.0 Å². The number of hydrogen-bond donors (Lipinski definition) is 1. The number of likely N-dealkylation sites (N-methyl/N-ethyl adjacent to an activating group) is 1. The van der Waals surface area contributed by atoms with Gasteiger partial charge in [0.05, 0.1) is 33.0 Å². The van der Waals surface area contributed by atoms with Gasteiger partial charge in [-0.05, 0) is 20.0 Å². The first-order chi connectivity index (χ1) is 8.74. The third kappa shape index (κ3) is 3.02. The molecule has 1 aromatic carbocycles. The minimum absolute atomic E-state index is 0.139. The van der Waals surface area contributed by atoms with Crippen molar-refractivity contribution in [1.29, 1.82) is 0 Å². The Labute approximate surface area is 108 Å². The van der Waals surface area contributed by atoms with Crippen LogP contribution >= 0.6 is 0 Å². The van der Waals surface area contributed by atoms with Crippen LogP contribution < -0.4 is 10.1 Å². The van der Waals surface area contributed by atoms with Gasteiger partial charge in [-0.2, -0.15) is 0 Å². The van der Waals surface area contributed by atoms with E-state index in [0.717, 1.165) is 11.3 Å². The molecule has 1 fully saturated rings. The van der Waals surface area contributed by atoms with Crippen molar-refractivity contribution >= 4 is 0 Å². The largest absolute Gasteiger partial charge is 0.496 e. The van der Waals surface area contributed by atoms with Gasteiger partial charge >= 0.3 is 0 Å². The minimum atomic E-state index is 0.139. The second-order valence-corrected chi connectivity index (χ2v) is 4.58. The SMILES string of the molecule is CNC(COC1COC1)c1cc(C)ccc1OC. The highest BCUT2D eigenvalue weighted by Crippen LogP contribution is 2.27. The summed E-state index contributed by atoms with van der Waals surface area (Å²) >= 11 is 0. The van der Waals surface area contributed by atoms with E-state index in [-0.39, 0.29) is 12.1 Å². The van der Waals surface area contributed by atoms with Gasteiger partial charge in [0.15, 0.2) is 0 Å². The van der Waals surface area contributed by atoms with E-state index in [0.29, 0.717) is 19.8 Å². The van der Waals surface area contributed by atoms with E-state index in [1.807, 2.05) is 13.1 Å². The summed E-state index contributed by atoms with van der Waals surface area (Å²) in [5, 5.41) is 3.28. The van der Waals surface area contributed by atoms with E-state index in [9.17, 15) is 0 Å². The lowest BCUT2D eigenvalue weighted by Crippen LogP contribution is -2.38. The molecular weight excluding hydrogens is 230 g/mol. The predicted octanol–water partition coefficient (Wildman–Crippen LogP) is 1.68. The summed E-state index contributed by atoms with van der Waals surface area (Å²) in [4.78, 5) is 0. The molecular formula is C14H21NO3. The van der Waals surface area contributed by atoms with Crippen LogP contribution in [-0.4, -0.2) is 40.1 Å². The molecule has 2 rings (SSSR count). The summed E-state index contributed by atoms with van der Waals surface area (Å²) in [5.74, 6) is 0.897. The number of benzene rings is 1. The number of ether oxygens (including phenoxy) is 3. The molecule has 0 aliphatic carbocycles. The van der Waals surface area contributed by atoms with E-state index in [1.54, 1.807) is 7.11 Å². The molecule has 0 bridgehead atoms. The molecule has 0 spiro atoms. The van der Waals surface area contributed by atoms with Crippen LogP contribution in [0.4, 0.5) is 0 Å². The number of hydrogen-bond acceptors (Lipinski definition) is 4. The highest BCUT2D eigenvalue weighted by Gasteiger charge is 2.22. The van der Waals surface area contributed by atoms with Gasteiger partial charge in [-0.3, -0.25) is 0 Å². The average molecular weight is 251 g/mol. The first-order valence-electron chi connectivity index (χ1n) is 6.25. The Balaban J connectivity index is 2.07. The van der Waals surface area contributed by atoms with Crippen LogP contribution in [-0.2, 0) is 9.47 Å². The Kier molecular flexibility index (Phi) is 4.58. The molecule has 1 atom stereocenters. The van der Waals surface area contributed by atoms with Gasteiger partial charge in [0, 0.05) is 5.56 Å². The fourth-order valence-corrected chi connectivity index (χ4v) is 2.00. The monoisotopic (exact) mass is 251 g/mol. The molecule has 100 valence electrons. The molecule has 18 heavy (non-hydrogen) atoms. The zero-order chi connectivity index (χ0) is 13.0. The van der Waals surface area contributed by atoms with Crippen LogP contribution in [0.15, 0.2) is 18.2 Å². The molecule has 0 radical (unpaired) electrons. The number of aryl methyl sites for hydroxylation is 1. The standard InChI is InChI=1S/C14H21NO3/c1-10-4-5-14(16-3)12(6-10)13(15-2)9-18-11-7-17-8-11/h4-6,11,13,15H,7-9H2,1-3H3. The lowest BCUT2D eigenvalue weighted by molar-refractivity contribution is -0.133. The average Bonchev–Trinajstić information content (AvgIpc) is 2.32. The van der Waals surface area contributed by atoms with Crippen molar-refractivity contribution in [2.45, 2.75) is 19.1 Å². The number of rotatable bonds is 6. The summed E-state index contributed by atoms with van der Waals surface area (Å²) in [6.45, 7) is 4.13. The zero-order valence-corrected chi connectivity index (χ0v) is 11.2. The van der Waals surface area contributed by atoms with E-state index in [1.165, 1.54) is 5.56 Å². The molecule has 1 N–H and O–H groups in total. The van der Waals surface area contributed by atoms with Crippen LogP contribution in [0.2, 0.25) is 0 Å². The van der Waals surface area contributed by atoms with Gasteiger partial charge in [-0.1, -0.05) is 17.7 Å². The van der Waals surface area contributed by atoms with Crippen molar-refractivity contribution in [3.63, 3.8) is 0 Å². The van der Waals surface area contributed by atoms with Gasteiger partial charge < -0.3 is 19.5 Å². The van der Waals surface area contributed by atoms with Crippen LogP contribution in [0, 0.1) is 6.92 Å². The van der Waals surface area contributed by atoms with Gasteiger partial charge in [-0.15, -0.1) is 0 Å². The molecule has 1 aromatic rings. The van der Waals surface area contributed by atoms with E-state index in [2.05, 4.69) is 24.4 Å². The summed E-state index contributed by atoms with van der Waals surface area (Å²) < 4.78 is 16.3. The maximum atomic E-state index is 5.78. The Bertz CT molecular complexity index is 391. The van der Waals surface area contributed by atoms with Crippen molar-refractivity contribution < 1.29 is 14.2 Å². The predicted molar refractivity (Wildman–Crippen MR) is 70.1 cm³/mol. The first-order valence-corrected chi connectivity index (χ1v) is 6.25. The van der Waals surface area contributed by atoms with Crippen molar-refractivity contribution in [2.24, 2.45) is 0 Å². The third-order valence-corrected chi connectivity index (χ3v) is 3.22. The highest BCUT2D eigenvalue weighted by atomic mass is 16.6. The molecule has 1 aliphatic rings. The molecule has 0 amide bonds. The van der Waals surface area contributed by atoms with Gasteiger partial charge in [-0.25, -0.2) is 0 Å². The molecule has 0 aromatic heterocycles. The van der Waals surface area contributed by atoms with E-state index < -0.39 is 0 Å². The lowest BCUT2D eigenvalue weighted by Gasteiger charge is -2.28. The fraction of sp³-hybridized carbons (Fsp3) is 0.571. The minimum Gasteiger partial charge on any atom is -0.496 e. The summed E-state index contributed by atoms with van der Waals surface area (Å²) in [6.07, 6.45) is 0.247. The van der Waals surface area contributed by atoms with Crippen LogP contribution in [0.1, 0.15) is 17.2 Å². The van der Waals surface area contributed by atoms with Gasteiger partial charge in [0.1, 0.15) is 11.9 Å². The number of methoxy groups -OCH3 is 1. The van der Waals surface area contributed by atoms with Crippen molar-refractivity contribution in [1.82, 2.24) is 5.32 Å². The van der Waals surface area contributed by atoms with Crippen molar-refractivity contribution in [3.8, 4) is 5.75 Å². The number of nitrogens with one attached hydrogen (secondary N) is 1. The van der Waals surface area contributed by atoms with Crippen LogP contribution in [0.3, 0.4) is 0 Å². The zero-order valence-electron chi connectivity index (χ0n) is 11.2. The highest BCUT2D eigenvalue weighted by molar-refractivity contribution is 5.39. The molecule has 1 aliphatic heterocycles. The van der Waals surface area contributed by atoms with E-state index in [4.69, 9.17) is 14.2 Å². The second kappa shape index (κ2) is 6.18. The normalized spacial score (nSPS) is 17.3. The maximum Gasteiger partial charge on any atom is 0.123 e. The smallest absolute Gasteiger partial charge is 0.123 e. The Hall–Kier alpha value is -1.10. The molecule has 1 heterocycles. The van der Waals surface area contributed by atoms with Gasteiger partial charge in [0.2, 0.25) is 0 Å². The molecule has 1 unspecified atom stereocenters. The second-order valence-electron chi connectivity index (χ2n) is 4.58. The molecule has 1 saturated heterocycles. The third-order valence-electron chi connectivity index (χ3n) is 3.22.